The number of hydrogen-bond acceptors (Lipinski definition) is 4. The Morgan fingerprint density at radius 3 is 2.89 bits per heavy atom. The molecule has 1 amide bonds. The molecule has 5 heteroatoms. The zero-order valence-corrected chi connectivity index (χ0v) is 11.7. The highest BCUT2D eigenvalue weighted by Crippen LogP contribution is 2.34. The van der Waals surface area contributed by atoms with Crippen LogP contribution < -0.4 is 20.7 Å². The molecule has 1 aromatic carbocycles. The zero-order valence-electron chi connectivity index (χ0n) is 11.7. The first-order valence-electron chi connectivity index (χ1n) is 6.44. The average molecular weight is 263 g/mol. The number of carbonyl (C=O) groups is 1. The maximum absolute atomic E-state index is 11.3. The lowest BCUT2D eigenvalue weighted by atomic mass is 9.98. The van der Waals surface area contributed by atoms with E-state index in [1.807, 2.05) is 25.2 Å². The van der Waals surface area contributed by atoms with Gasteiger partial charge in [-0.2, -0.15) is 0 Å². The summed E-state index contributed by atoms with van der Waals surface area (Å²) >= 11 is 0. The largest absolute Gasteiger partial charge is 0.482 e. The van der Waals surface area contributed by atoms with Crippen molar-refractivity contribution < 1.29 is 9.53 Å². The molecule has 0 saturated heterocycles. The fourth-order valence-electron chi connectivity index (χ4n) is 2.15. The monoisotopic (exact) mass is 263 g/mol. The predicted octanol–water partition coefficient (Wildman–Crippen LogP) is 1.58. The fraction of sp³-hybridized carbons (Fsp3) is 0.500. The fourth-order valence-corrected chi connectivity index (χ4v) is 2.15. The van der Waals surface area contributed by atoms with E-state index >= 15 is 0 Å². The molecule has 0 atom stereocenters. The summed E-state index contributed by atoms with van der Waals surface area (Å²) in [6.45, 7) is 5.02. The van der Waals surface area contributed by atoms with Crippen molar-refractivity contribution in [2.75, 3.05) is 30.4 Å². The first-order valence-corrected chi connectivity index (χ1v) is 6.44. The second kappa shape index (κ2) is 5.09. The van der Waals surface area contributed by atoms with Gasteiger partial charge in [0.15, 0.2) is 6.61 Å². The van der Waals surface area contributed by atoms with Crippen LogP contribution in [-0.2, 0) is 4.79 Å². The number of nitrogens with one attached hydrogen (secondary N) is 1. The molecule has 0 radical (unpaired) electrons. The summed E-state index contributed by atoms with van der Waals surface area (Å²) < 4.78 is 5.35. The standard InChI is InChI=1S/C14H21N3O2/c1-14(2,6-7-15)17(3)10-4-5-12-11(8-10)16-13(18)9-19-12/h4-5,8H,6-7,9,15H2,1-3H3,(H,16,18). The van der Waals surface area contributed by atoms with Crippen LogP contribution in [0.4, 0.5) is 11.4 Å². The van der Waals surface area contributed by atoms with Crippen molar-refractivity contribution in [3.63, 3.8) is 0 Å². The number of carbonyl (C=O) groups excluding carboxylic acids is 1. The molecule has 0 spiro atoms. The van der Waals surface area contributed by atoms with E-state index in [1.54, 1.807) is 0 Å². The van der Waals surface area contributed by atoms with E-state index in [2.05, 4.69) is 24.1 Å². The Morgan fingerprint density at radius 1 is 1.47 bits per heavy atom. The van der Waals surface area contributed by atoms with Crippen LogP contribution in [0.1, 0.15) is 20.3 Å². The highest BCUT2D eigenvalue weighted by Gasteiger charge is 2.24. The van der Waals surface area contributed by atoms with Crippen molar-refractivity contribution in [1.82, 2.24) is 0 Å². The minimum Gasteiger partial charge on any atom is -0.482 e. The van der Waals surface area contributed by atoms with Gasteiger partial charge < -0.3 is 20.7 Å². The quantitative estimate of drug-likeness (QED) is 0.865. The number of hydrogen-bond donors (Lipinski definition) is 2. The highest BCUT2D eigenvalue weighted by atomic mass is 16.5. The molecule has 104 valence electrons. The molecule has 0 saturated carbocycles. The summed E-state index contributed by atoms with van der Waals surface area (Å²) in [4.78, 5) is 13.5. The van der Waals surface area contributed by atoms with Gasteiger partial charge in [-0.05, 0) is 45.0 Å². The van der Waals surface area contributed by atoms with Gasteiger partial charge in [0.2, 0.25) is 0 Å². The molecule has 19 heavy (non-hydrogen) atoms. The van der Waals surface area contributed by atoms with E-state index in [0.717, 1.165) is 17.8 Å². The first kappa shape index (κ1) is 13.7. The Morgan fingerprint density at radius 2 is 2.21 bits per heavy atom. The van der Waals surface area contributed by atoms with E-state index in [1.165, 1.54) is 0 Å². The normalized spacial score (nSPS) is 14.4. The van der Waals surface area contributed by atoms with Crippen LogP contribution in [0.2, 0.25) is 0 Å². The Labute approximate surface area is 113 Å². The Balaban J connectivity index is 2.26. The summed E-state index contributed by atoms with van der Waals surface area (Å²) in [6.07, 6.45) is 0.892. The van der Waals surface area contributed by atoms with E-state index in [0.29, 0.717) is 12.3 Å². The minimum atomic E-state index is -0.117. The third-order valence-electron chi connectivity index (χ3n) is 3.65. The minimum absolute atomic E-state index is 0.0392. The second-order valence-corrected chi connectivity index (χ2v) is 5.43. The molecule has 0 bridgehead atoms. The molecule has 1 aliphatic rings. The molecule has 3 N–H and O–H groups in total. The third kappa shape index (κ3) is 2.81. The van der Waals surface area contributed by atoms with Crippen molar-refractivity contribution in [2.24, 2.45) is 5.73 Å². The summed E-state index contributed by atoms with van der Waals surface area (Å²) in [7, 11) is 2.03. The molecule has 2 rings (SSSR count). The number of ether oxygens (including phenoxy) is 1. The van der Waals surface area contributed by atoms with Crippen molar-refractivity contribution in [1.29, 1.82) is 0 Å². The summed E-state index contributed by atoms with van der Waals surface area (Å²) in [5, 5.41) is 2.82. The molecule has 0 aromatic heterocycles. The average Bonchev–Trinajstić information content (AvgIpc) is 2.36. The van der Waals surface area contributed by atoms with Gasteiger partial charge in [0.1, 0.15) is 5.75 Å². The van der Waals surface area contributed by atoms with Crippen LogP contribution in [-0.4, -0.2) is 31.6 Å². The summed E-state index contributed by atoms with van der Waals surface area (Å²) in [5.41, 5.74) is 7.37. The SMILES string of the molecule is CN(c1ccc2c(c1)NC(=O)CO2)C(C)(C)CCN. The molecule has 0 unspecified atom stereocenters. The van der Waals surface area contributed by atoms with Gasteiger partial charge in [-0.1, -0.05) is 0 Å². The lowest BCUT2D eigenvalue weighted by Gasteiger charge is -2.38. The van der Waals surface area contributed by atoms with Crippen LogP contribution in [0.3, 0.4) is 0 Å². The highest BCUT2D eigenvalue weighted by molar-refractivity contribution is 5.96. The van der Waals surface area contributed by atoms with E-state index in [4.69, 9.17) is 10.5 Å². The number of rotatable bonds is 4. The first-order chi connectivity index (χ1) is 8.94. The Hall–Kier alpha value is -1.75. The van der Waals surface area contributed by atoms with E-state index < -0.39 is 0 Å². The van der Waals surface area contributed by atoms with Crippen molar-refractivity contribution >= 4 is 17.3 Å². The number of nitrogens with zero attached hydrogens (tertiary/aromatic N) is 1. The number of nitrogens with two attached hydrogens (primary N) is 1. The van der Waals surface area contributed by atoms with Gasteiger partial charge in [0.25, 0.3) is 5.91 Å². The van der Waals surface area contributed by atoms with Crippen LogP contribution in [0.15, 0.2) is 18.2 Å². The summed E-state index contributed by atoms with van der Waals surface area (Å²) in [5.74, 6) is 0.599. The van der Waals surface area contributed by atoms with Crippen LogP contribution >= 0.6 is 0 Å². The van der Waals surface area contributed by atoms with Gasteiger partial charge in [-0.15, -0.1) is 0 Å². The van der Waals surface area contributed by atoms with Gasteiger partial charge in [-0.3, -0.25) is 4.79 Å². The van der Waals surface area contributed by atoms with Crippen LogP contribution in [0, 0.1) is 0 Å². The molecule has 1 aromatic rings. The molecule has 1 heterocycles. The molecular weight excluding hydrogens is 242 g/mol. The molecule has 0 fully saturated rings. The van der Waals surface area contributed by atoms with E-state index in [9.17, 15) is 4.79 Å². The maximum Gasteiger partial charge on any atom is 0.262 e. The number of amides is 1. The topological polar surface area (TPSA) is 67.6 Å². The molecule has 0 aliphatic carbocycles. The summed E-state index contributed by atoms with van der Waals surface area (Å²) in [6, 6.07) is 5.82. The maximum atomic E-state index is 11.3. The zero-order chi connectivity index (χ0) is 14.0. The number of anilines is 2. The number of fused-ring (bicyclic) bond motifs is 1. The Bertz CT molecular complexity index is 486. The van der Waals surface area contributed by atoms with Crippen LogP contribution in [0.5, 0.6) is 5.75 Å². The van der Waals surface area contributed by atoms with Crippen LogP contribution in [0.25, 0.3) is 0 Å². The van der Waals surface area contributed by atoms with Gasteiger partial charge in [0.05, 0.1) is 5.69 Å². The molecule has 1 aliphatic heterocycles. The van der Waals surface area contributed by atoms with Gasteiger partial charge in [-0.25, -0.2) is 0 Å². The van der Waals surface area contributed by atoms with E-state index in [-0.39, 0.29) is 18.1 Å². The molecular formula is C14H21N3O2. The predicted molar refractivity (Wildman–Crippen MR) is 76.7 cm³/mol. The van der Waals surface area contributed by atoms with Crippen molar-refractivity contribution in [3.05, 3.63) is 18.2 Å². The lowest BCUT2D eigenvalue weighted by molar-refractivity contribution is -0.118. The van der Waals surface area contributed by atoms with Crippen molar-refractivity contribution in [3.8, 4) is 5.75 Å². The van der Waals surface area contributed by atoms with Gasteiger partial charge in [0, 0.05) is 18.3 Å². The second-order valence-electron chi connectivity index (χ2n) is 5.43. The smallest absolute Gasteiger partial charge is 0.262 e. The van der Waals surface area contributed by atoms with Gasteiger partial charge >= 0.3 is 0 Å². The Kier molecular flexibility index (Phi) is 3.66. The lowest BCUT2D eigenvalue weighted by Crippen LogP contribution is -2.42. The van der Waals surface area contributed by atoms with Crippen molar-refractivity contribution in [2.45, 2.75) is 25.8 Å². The third-order valence-corrected chi connectivity index (χ3v) is 3.65. The number of benzene rings is 1. The molecule has 5 nitrogen and oxygen atoms in total.